The minimum atomic E-state index is -4.60. The standard InChI is InChI=1S/C26H24BrCl3F3NO2/c1-3-10-34(2)24(36)25(8-9-25)14-22(35)17-6-4-15(11-19(17)27)5-7-18(26(31,32)33)16-12-20(28)23(30)21(29)13-16/h4-7,11-13,18H,3,8-10,14H2,1-2H3/b7-5+. The molecular weight excluding hydrogens is 602 g/mol. The average molecular weight is 626 g/mol. The first kappa shape index (κ1) is 29.0. The van der Waals surface area contributed by atoms with E-state index in [1.54, 1.807) is 30.1 Å². The zero-order valence-electron chi connectivity index (χ0n) is 19.6. The fourth-order valence-corrected chi connectivity index (χ4v) is 5.32. The highest BCUT2D eigenvalue weighted by Crippen LogP contribution is 2.51. The van der Waals surface area contributed by atoms with E-state index in [2.05, 4.69) is 15.9 Å². The number of carbonyl (C=O) groups is 2. The number of rotatable bonds is 9. The van der Waals surface area contributed by atoms with Gasteiger partial charge in [-0.1, -0.05) is 75.9 Å². The number of carbonyl (C=O) groups excluding carboxylic acids is 2. The maximum absolute atomic E-state index is 13.8. The Morgan fingerprint density at radius 1 is 1.14 bits per heavy atom. The van der Waals surface area contributed by atoms with Gasteiger partial charge in [-0.3, -0.25) is 9.59 Å². The lowest BCUT2D eigenvalue weighted by Gasteiger charge is -2.22. The Morgan fingerprint density at radius 2 is 1.75 bits per heavy atom. The summed E-state index contributed by atoms with van der Waals surface area (Å²) in [6.07, 6.45) is -0.00870. The van der Waals surface area contributed by atoms with Gasteiger partial charge in [0, 0.05) is 30.0 Å². The molecular formula is C26H24BrCl3F3NO2. The monoisotopic (exact) mass is 623 g/mol. The van der Waals surface area contributed by atoms with Crippen molar-refractivity contribution in [2.24, 2.45) is 5.41 Å². The molecule has 1 amide bonds. The molecule has 1 fully saturated rings. The molecule has 0 heterocycles. The van der Waals surface area contributed by atoms with Crippen molar-refractivity contribution in [2.45, 2.75) is 44.7 Å². The minimum absolute atomic E-state index is 0.0112. The first-order valence-corrected chi connectivity index (χ1v) is 13.2. The van der Waals surface area contributed by atoms with Gasteiger partial charge >= 0.3 is 6.18 Å². The molecule has 1 aliphatic carbocycles. The fourth-order valence-electron chi connectivity index (χ4n) is 4.09. The molecule has 0 spiro atoms. The molecule has 1 aliphatic rings. The van der Waals surface area contributed by atoms with Crippen molar-refractivity contribution in [1.29, 1.82) is 0 Å². The normalized spacial score (nSPS) is 15.7. The van der Waals surface area contributed by atoms with Crippen molar-refractivity contribution in [3.8, 4) is 0 Å². The molecule has 3 nitrogen and oxygen atoms in total. The summed E-state index contributed by atoms with van der Waals surface area (Å²) in [5.74, 6) is -2.17. The molecule has 10 heteroatoms. The quantitative estimate of drug-likeness (QED) is 0.206. The van der Waals surface area contributed by atoms with E-state index in [-0.39, 0.29) is 38.7 Å². The van der Waals surface area contributed by atoms with Gasteiger partial charge in [0.25, 0.3) is 0 Å². The van der Waals surface area contributed by atoms with E-state index >= 15 is 0 Å². The second-order valence-electron chi connectivity index (χ2n) is 9.02. The van der Waals surface area contributed by atoms with Crippen LogP contribution in [0.1, 0.15) is 60.0 Å². The molecule has 1 saturated carbocycles. The summed E-state index contributed by atoms with van der Waals surface area (Å²) >= 11 is 21.1. The molecule has 0 bridgehead atoms. The molecule has 36 heavy (non-hydrogen) atoms. The lowest BCUT2D eigenvalue weighted by Crippen LogP contribution is -2.35. The van der Waals surface area contributed by atoms with Crippen LogP contribution in [0.25, 0.3) is 6.08 Å². The van der Waals surface area contributed by atoms with Gasteiger partial charge in [0.2, 0.25) is 5.91 Å². The van der Waals surface area contributed by atoms with E-state index in [4.69, 9.17) is 34.8 Å². The number of alkyl halides is 3. The van der Waals surface area contributed by atoms with E-state index in [0.717, 1.165) is 24.6 Å². The highest BCUT2D eigenvalue weighted by Gasteiger charge is 2.52. The summed E-state index contributed by atoms with van der Waals surface area (Å²) in [4.78, 5) is 27.4. The van der Waals surface area contributed by atoms with Gasteiger partial charge < -0.3 is 4.90 Å². The van der Waals surface area contributed by atoms with Crippen LogP contribution in [0.15, 0.2) is 40.9 Å². The summed E-state index contributed by atoms with van der Waals surface area (Å²) in [7, 11) is 1.74. The highest BCUT2D eigenvalue weighted by molar-refractivity contribution is 9.10. The number of nitrogens with zero attached hydrogens (tertiary/aromatic N) is 1. The Hall–Kier alpha value is -1.54. The van der Waals surface area contributed by atoms with E-state index < -0.39 is 17.5 Å². The average Bonchev–Trinajstić information content (AvgIpc) is 3.56. The molecule has 0 aliphatic heterocycles. The van der Waals surface area contributed by atoms with Crippen molar-refractivity contribution >= 4 is 68.5 Å². The zero-order valence-corrected chi connectivity index (χ0v) is 23.4. The Morgan fingerprint density at radius 3 is 2.25 bits per heavy atom. The van der Waals surface area contributed by atoms with Crippen molar-refractivity contribution in [2.75, 3.05) is 13.6 Å². The van der Waals surface area contributed by atoms with Gasteiger partial charge in [-0.05, 0) is 54.7 Å². The van der Waals surface area contributed by atoms with Crippen LogP contribution in [0.4, 0.5) is 13.2 Å². The number of allylic oxidation sites excluding steroid dienone is 1. The SMILES string of the molecule is CCCN(C)C(=O)C1(CC(=O)c2ccc(/C=C/C(c3cc(Cl)c(Cl)c(Cl)c3)C(F)(F)F)cc2Br)CC1. The largest absolute Gasteiger partial charge is 0.399 e. The van der Waals surface area contributed by atoms with Gasteiger partial charge in [-0.25, -0.2) is 0 Å². The van der Waals surface area contributed by atoms with Crippen LogP contribution in [-0.4, -0.2) is 36.4 Å². The van der Waals surface area contributed by atoms with E-state index in [1.807, 2.05) is 6.92 Å². The van der Waals surface area contributed by atoms with Gasteiger partial charge in [-0.2, -0.15) is 13.2 Å². The molecule has 2 aromatic carbocycles. The second-order valence-corrected chi connectivity index (χ2v) is 11.1. The third-order valence-corrected chi connectivity index (χ3v) is 8.06. The third-order valence-electron chi connectivity index (χ3n) is 6.20. The van der Waals surface area contributed by atoms with Crippen LogP contribution in [0, 0.1) is 5.41 Å². The maximum atomic E-state index is 13.8. The minimum Gasteiger partial charge on any atom is -0.345 e. The molecule has 1 unspecified atom stereocenters. The first-order chi connectivity index (χ1) is 16.8. The van der Waals surface area contributed by atoms with E-state index in [0.29, 0.717) is 35.0 Å². The number of hydrogen-bond donors (Lipinski definition) is 0. The Balaban J connectivity index is 1.80. The van der Waals surface area contributed by atoms with E-state index in [9.17, 15) is 22.8 Å². The fraction of sp³-hybridized carbons (Fsp3) is 0.385. The summed E-state index contributed by atoms with van der Waals surface area (Å²) in [6.45, 7) is 2.62. The summed E-state index contributed by atoms with van der Waals surface area (Å²) in [5.41, 5.74) is 0.0447. The van der Waals surface area contributed by atoms with Crippen LogP contribution >= 0.6 is 50.7 Å². The smallest absolute Gasteiger partial charge is 0.345 e. The second kappa shape index (κ2) is 11.5. The Kier molecular flexibility index (Phi) is 9.24. The first-order valence-electron chi connectivity index (χ1n) is 11.3. The summed E-state index contributed by atoms with van der Waals surface area (Å²) in [5, 5.41) is -0.150. The number of ketones is 1. The predicted octanol–water partition coefficient (Wildman–Crippen LogP) is 8.99. The molecule has 194 valence electrons. The van der Waals surface area contributed by atoms with Gasteiger partial charge in [0.1, 0.15) is 0 Å². The zero-order chi connectivity index (χ0) is 26.8. The third kappa shape index (κ3) is 6.66. The van der Waals surface area contributed by atoms with Crippen LogP contribution in [0.5, 0.6) is 0 Å². The van der Waals surface area contributed by atoms with Crippen LogP contribution < -0.4 is 0 Å². The van der Waals surface area contributed by atoms with Crippen molar-refractivity contribution in [3.05, 3.63) is 72.6 Å². The van der Waals surface area contributed by atoms with Gasteiger partial charge in [-0.15, -0.1) is 0 Å². The number of Topliss-reactive ketones (excluding diaryl/α,β-unsaturated/α-hetero) is 1. The molecule has 3 rings (SSSR count). The predicted molar refractivity (Wildman–Crippen MR) is 142 cm³/mol. The van der Waals surface area contributed by atoms with Crippen LogP contribution in [0.3, 0.4) is 0 Å². The molecule has 0 radical (unpaired) electrons. The van der Waals surface area contributed by atoms with Gasteiger partial charge in [0.05, 0.1) is 26.4 Å². The number of hydrogen-bond acceptors (Lipinski definition) is 2. The number of amides is 1. The number of benzene rings is 2. The molecule has 0 saturated heterocycles. The van der Waals surface area contributed by atoms with Crippen molar-refractivity contribution in [3.63, 3.8) is 0 Å². The lowest BCUT2D eigenvalue weighted by atomic mass is 9.93. The molecule has 1 atom stereocenters. The maximum Gasteiger partial charge on any atom is 0.399 e. The number of halogens is 7. The molecule has 0 aromatic heterocycles. The topological polar surface area (TPSA) is 37.4 Å². The van der Waals surface area contributed by atoms with Crippen LogP contribution in [-0.2, 0) is 4.79 Å². The Labute approximate surface area is 231 Å². The van der Waals surface area contributed by atoms with Crippen molar-refractivity contribution in [1.82, 2.24) is 4.90 Å². The Bertz CT molecular complexity index is 1170. The lowest BCUT2D eigenvalue weighted by molar-refractivity contribution is -0.139. The van der Waals surface area contributed by atoms with Gasteiger partial charge in [0.15, 0.2) is 5.78 Å². The van der Waals surface area contributed by atoms with Crippen molar-refractivity contribution < 1.29 is 22.8 Å². The van der Waals surface area contributed by atoms with Crippen LogP contribution in [0.2, 0.25) is 15.1 Å². The molecule has 0 N–H and O–H groups in total. The summed E-state index contributed by atoms with van der Waals surface area (Å²) < 4.78 is 41.8. The molecule has 2 aromatic rings. The summed E-state index contributed by atoms with van der Waals surface area (Å²) in [6, 6.07) is 6.98. The van der Waals surface area contributed by atoms with E-state index in [1.165, 1.54) is 6.08 Å². The highest BCUT2D eigenvalue weighted by atomic mass is 79.9.